The first-order valence-electron chi connectivity index (χ1n) is 12.9. The van der Waals surface area contributed by atoms with E-state index in [0.717, 1.165) is 11.1 Å². The van der Waals surface area contributed by atoms with Crippen LogP contribution in [0.1, 0.15) is 38.8 Å². The molecule has 0 radical (unpaired) electrons. The number of ether oxygens (including phenoxy) is 2. The van der Waals surface area contributed by atoms with E-state index in [1.54, 1.807) is 35.7 Å². The van der Waals surface area contributed by atoms with E-state index < -0.39 is 15.6 Å². The van der Waals surface area contributed by atoms with Crippen molar-refractivity contribution in [1.29, 1.82) is 0 Å². The average Bonchev–Trinajstić information content (AvgIpc) is 3.53. The van der Waals surface area contributed by atoms with Crippen LogP contribution in [0.25, 0.3) is 0 Å². The minimum absolute atomic E-state index is 0.0549. The number of hydrogen-bond acceptors (Lipinski definition) is 8. The van der Waals surface area contributed by atoms with E-state index >= 15 is 0 Å². The number of benzene rings is 2. The molecule has 1 aliphatic rings. The summed E-state index contributed by atoms with van der Waals surface area (Å²) < 4.78 is 39.9. The van der Waals surface area contributed by atoms with Crippen LogP contribution in [-0.2, 0) is 21.3 Å². The second-order valence-electron chi connectivity index (χ2n) is 10.9. The van der Waals surface area contributed by atoms with E-state index in [9.17, 15) is 13.2 Å². The van der Waals surface area contributed by atoms with Crippen LogP contribution in [-0.4, -0.2) is 56.2 Å². The zero-order valence-corrected chi connectivity index (χ0v) is 25.9. The van der Waals surface area contributed by atoms with E-state index in [1.807, 2.05) is 46.8 Å². The summed E-state index contributed by atoms with van der Waals surface area (Å²) in [7, 11) is -2.41. The predicted octanol–water partition coefficient (Wildman–Crippen LogP) is 6.18. The molecule has 1 aliphatic heterocycles. The molecule has 1 fully saturated rings. The molecule has 1 amide bonds. The van der Waals surface area contributed by atoms with Gasteiger partial charge in [0.2, 0.25) is 0 Å². The van der Waals surface area contributed by atoms with Crippen LogP contribution in [0.5, 0.6) is 5.75 Å². The molecule has 1 aromatic heterocycles. The molecule has 1 N–H and O–H groups in total. The molecule has 0 aliphatic carbocycles. The van der Waals surface area contributed by atoms with Crippen LogP contribution in [0.2, 0.25) is 5.02 Å². The van der Waals surface area contributed by atoms with Crippen molar-refractivity contribution in [2.75, 3.05) is 29.8 Å². The van der Waals surface area contributed by atoms with E-state index in [1.165, 1.54) is 27.8 Å². The lowest BCUT2D eigenvalue weighted by molar-refractivity contribution is 0.0288. The van der Waals surface area contributed by atoms with Crippen LogP contribution in [0.4, 0.5) is 15.6 Å². The minimum Gasteiger partial charge on any atom is -0.497 e. The molecule has 216 valence electrons. The number of hydrogen-bond donors (Lipinski definition) is 1. The van der Waals surface area contributed by atoms with Gasteiger partial charge in [-0.2, -0.15) is 0 Å². The zero-order chi connectivity index (χ0) is 29.2. The third-order valence-corrected chi connectivity index (χ3v) is 9.58. The maximum atomic E-state index is 13.9. The second-order valence-corrected chi connectivity index (χ2v) is 14.0. The Balaban J connectivity index is 1.55. The van der Waals surface area contributed by atoms with Gasteiger partial charge in [0.25, 0.3) is 10.0 Å². The van der Waals surface area contributed by atoms with Crippen molar-refractivity contribution in [3.63, 3.8) is 0 Å². The number of thiazole rings is 1. The van der Waals surface area contributed by atoms with Crippen molar-refractivity contribution in [3.8, 4) is 5.75 Å². The van der Waals surface area contributed by atoms with Crippen LogP contribution in [0, 0.1) is 12.8 Å². The molecule has 3 aromatic rings. The Morgan fingerprint density at radius 3 is 2.58 bits per heavy atom. The number of rotatable bonds is 8. The number of sulfonamides is 1. The lowest BCUT2D eigenvalue weighted by Crippen LogP contribution is -2.36. The molecule has 9 nitrogen and oxygen atoms in total. The summed E-state index contributed by atoms with van der Waals surface area (Å²) in [4.78, 5) is 18.5. The van der Waals surface area contributed by atoms with Crippen molar-refractivity contribution >= 4 is 49.9 Å². The molecule has 0 spiro atoms. The van der Waals surface area contributed by atoms with Crippen molar-refractivity contribution < 1.29 is 22.7 Å². The zero-order valence-electron chi connectivity index (χ0n) is 23.5. The number of methoxy groups -OCH3 is 1. The van der Waals surface area contributed by atoms with E-state index in [0.29, 0.717) is 29.7 Å². The summed E-state index contributed by atoms with van der Waals surface area (Å²) in [6.07, 6.45) is 1.22. The Morgan fingerprint density at radius 2 is 1.98 bits per heavy atom. The molecule has 2 aromatic carbocycles. The van der Waals surface area contributed by atoms with Gasteiger partial charge in [-0.15, -0.1) is 11.3 Å². The first-order valence-corrected chi connectivity index (χ1v) is 15.6. The largest absolute Gasteiger partial charge is 0.497 e. The smallest absolute Gasteiger partial charge is 0.410 e. The molecule has 2 atom stereocenters. The van der Waals surface area contributed by atoms with Crippen molar-refractivity contribution in [2.24, 2.45) is 5.92 Å². The highest BCUT2D eigenvalue weighted by Gasteiger charge is 2.35. The average molecular weight is 607 g/mol. The quantitative estimate of drug-likeness (QED) is 0.327. The number of nitrogens with one attached hydrogen (secondary N) is 1. The molecule has 0 saturated carbocycles. The van der Waals surface area contributed by atoms with Gasteiger partial charge in [0, 0.05) is 30.7 Å². The first-order chi connectivity index (χ1) is 18.8. The van der Waals surface area contributed by atoms with Gasteiger partial charge in [-0.3, -0.25) is 0 Å². The number of carbonyl (C=O) groups is 1. The number of amides is 1. The summed E-state index contributed by atoms with van der Waals surface area (Å²) >= 11 is 7.86. The second kappa shape index (κ2) is 11.8. The third-order valence-electron chi connectivity index (χ3n) is 6.63. The molecular formula is C28H35ClN4O5S2. The highest BCUT2D eigenvalue weighted by atomic mass is 35.5. The lowest BCUT2D eigenvalue weighted by Gasteiger charge is -2.25. The highest BCUT2D eigenvalue weighted by Crippen LogP contribution is 2.33. The number of halogens is 1. The molecule has 1 saturated heterocycles. The summed E-state index contributed by atoms with van der Waals surface area (Å²) in [5, 5.41) is 5.75. The predicted molar refractivity (Wildman–Crippen MR) is 159 cm³/mol. The number of likely N-dealkylation sites (tertiary alicyclic amines) is 1. The van der Waals surface area contributed by atoms with Gasteiger partial charge in [-0.1, -0.05) is 24.6 Å². The van der Waals surface area contributed by atoms with Crippen LogP contribution in [0.15, 0.2) is 52.9 Å². The van der Waals surface area contributed by atoms with Crippen LogP contribution >= 0.6 is 22.9 Å². The summed E-state index contributed by atoms with van der Waals surface area (Å²) in [5.41, 5.74) is 1.75. The molecule has 4 rings (SSSR count). The Bertz CT molecular complexity index is 1460. The van der Waals surface area contributed by atoms with Gasteiger partial charge in [0.15, 0.2) is 5.13 Å². The molecule has 0 unspecified atom stereocenters. The Labute approximate surface area is 245 Å². The molecule has 12 heteroatoms. The molecule has 0 bridgehead atoms. The normalized spacial score (nSPS) is 17.5. The lowest BCUT2D eigenvalue weighted by atomic mass is 10.1. The fraction of sp³-hybridized carbons (Fsp3) is 0.429. The van der Waals surface area contributed by atoms with E-state index in [2.05, 4.69) is 10.3 Å². The van der Waals surface area contributed by atoms with E-state index in [-0.39, 0.29) is 34.5 Å². The summed E-state index contributed by atoms with van der Waals surface area (Å²) in [5.74, 6) is 0.839. The maximum absolute atomic E-state index is 13.9. The van der Waals surface area contributed by atoms with Crippen molar-refractivity contribution in [1.82, 2.24) is 9.88 Å². The van der Waals surface area contributed by atoms with Gasteiger partial charge >= 0.3 is 6.09 Å². The molecular weight excluding hydrogens is 572 g/mol. The Morgan fingerprint density at radius 1 is 1.23 bits per heavy atom. The van der Waals surface area contributed by atoms with Gasteiger partial charge < -0.3 is 19.7 Å². The van der Waals surface area contributed by atoms with Gasteiger partial charge in [0.05, 0.1) is 29.3 Å². The first kappa shape index (κ1) is 30.0. The number of carbonyl (C=O) groups excluding carboxylic acids is 1. The van der Waals surface area contributed by atoms with Crippen LogP contribution in [0.3, 0.4) is 0 Å². The van der Waals surface area contributed by atoms with Crippen molar-refractivity contribution in [2.45, 2.75) is 57.7 Å². The summed E-state index contributed by atoms with van der Waals surface area (Å²) in [6, 6.07) is 10.1. The summed E-state index contributed by atoms with van der Waals surface area (Å²) in [6.45, 7) is 10.6. The van der Waals surface area contributed by atoms with Gasteiger partial charge in [0.1, 0.15) is 11.4 Å². The third kappa shape index (κ3) is 6.82. The Hall–Kier alpha value is -3.02. The fourth-order valence-electron chi connectivity index (χ4n) is 4.45. The molecule has 2 heterocycles. The SMILES string of the molecule is COc1ccc(CN(c2nccs2)S(=O)(=O)c2ccc(N[C@H]3CN(C(=O)OC(C)(C)C)C[C@H]3C)c(Cl)c2)c(C)c1. The standard InChI is InChI=1S/C28H35ClN4O5S2/c1-18-13-21(37-6)8-7-20(18)16-33(26-30-11-12-39-26)40(35,36)22-9-10-24(23(29)14-22)31-25-17-32(15-19(25)2)27(34)38-28(3,4)5/h7-14,19,25,31H,15-17H2,1-6H3/t19-,25+/m1/s1. The van der Waals surface area contributed by atoms with Crippen LogP contribution < -0.4 is 14.4 Å². The minimum atomic E-state index is -4.00. The van der Waals surface area contributed by atoms with E-state index in [4.69, 9.17) is 21.1 Å². The fourth-order valence-corrected chi connectivity index (χ4v) is 7.05. The monoisotopic (exact) mass is 606 g/mol. The van der Waals surface area contributed by atoms with Gasteiger partial charge in [-0.25, -0.2) is 22.5 Å². The number of anilines is 2. The topological polar surface area (TPSA) is 101 Å². The van der Waals surface area contributed by atoms with Gasteiger partial charge in [-0.05, 0) is 75.1 Å². The number of nitrogens with zero attached hydrogens (tertiary/aromatic N) is 3. The number of aryl methyl sites for hydroxylation is 1. The number of aromatic nitrogens is 1. The maximum Gasteiger partial charge on any atom is 0.410 e. The highest BCUT2D eigenvalue weighted by molar-refractivity contribution is 7.93. The van der Waals surface area contributed by atoms with Crippen molar-refractivity contribution in [3.05, 3.63) is 64.1 Å². The Kier molecular flexibility index (Phi) is 8.86. The molecule has 40 heavy (non-hydrogen) atoms.